The topological polar surface area (TPSA) is 41.6 Å². The van der Waals surface area contributed by atoms with Gasteiger partial charge in [0.2, 0.25) is 0 Å². The van der Waals surface area contributed by atoms with Crippen LogP contribution in [0.3, 0.4) is 0 Å². The summed E-state index contributed by atoms with van der Waals surface area (Å²) < 4.78 is 2.73. The molecule has 0 saturated carbocycles. The van der Waals surface area contributed by atoms with Gasteiger partial charge in [0.05, 0.1) is 6.33 Å². The van der Waals surface area contributed by atoms with Gasteiger partial charge < -0.3 is 4.57 Å². The average molecular weight is 262 g/mol. The summed E-state index contributed by atoms with van der Waals surface area (Å²) in [5, 5.41) is 8.98. The average Bonchev–Trinajstić information content (AvgIpc) is 2.61. The number of nitrogens with zero attached hydrogens (tertiary/aromatic N) is 3. The van der Waals surface area contributed by atoms with Crippen LogP contribution in [-0.2, 0) is 7.05 Å². The number of nitriles is 1. The summed E-state index contributed by atoms with van der Waals surface area (Å²) in [6, 6.07) is 9.89. The Bertz CT molecular complexity index is 520. The molecule has 0 atom stereocenters. The van der Waals surface area contributed by atoms with Crippen LogP contribution in [0.25, 0.3) is 11.3 Å². The highest BCUT2D eigenvalue weighted by molar-refractivity contribution is 9.10. The Kier molecular flexibility index (Phi) is 2.57. The van der Waals surface area contributed by atoms with Crippen molar-refractivity contribution in [1.82, 2.24) is 9.55 Å². The monoisotopic (exact) mass is 261 g/mol. The van der Waals surface area contributed by atoms with E-state index in [1.807, 2.05) is 31.3 Å². The van der Waals surface area contributed by atoms with E-state index in [1.165, 1.54) is 0 Å². The standard InChI is InChI=1S/C11H8BrN3/c1-15-7-14-11(10(15)6-13)8-2-4-9(12)5-3-8/h2-5,7H,1H3. The Morgan fingerprint density at radius 3 is 2.60 bits per heavy atom. The molecule has 15 heavy (non-hydrogen) atoms. The minimum absolute atomic E-state index is 0.581. The number of rotatable bonds is 1. The lowest BCUT2D eigenvalue weighted by molar-refractivity contribution is 0.897. The molecule has 0 unspecified atom stereocenters. The number of aryl methyl sites for hydroxylation is 1. The van der Waals surface area contributed by atoms with Crippen LogP contribution in [-0.4, -0.2) is 9.55 Å². The van der Waals surface area contributed by atoms with Crippen LogP contribution in [0.5, 0.6) is 0 Å². The zero-order valence-corrected chi connectivity index (χ0v) is 9.69. The second kappa shape index (κ2) is 3.87. The third-order valence-corrected chi connectivity index (χ3v) is 2.69. The molecule has 0 aliphatic rings. The summed E-state index contributed by atoms with van der Waals surface area (Å²) in [5.74, 6) is 0. The van der Waals surface area contributed by atoms with Crippen molar-refractivity contribution in [1.29, 1.82) is 5.26 Å². The molecule has 0 radical (unpaired) electrons. The molecule has 1 aromatic heterocycles. The molecule has 1 heterocycles. The van der Waals surface area contributed by atoms with Gasteiger partial charge in [0, 0.05) is 17.1 Å². The smallest absolute Gasteiger partial charge is 0.147 e. The number of hydrogen-bond donors (Lipinski definition) is 0. The molecule has 2 rings (SSSR count). The third kappa shape index (κ3) is 1.79. The molecule has 0 aliphatic heterocycles. The summed E-state index contributed by atoms with van der Waals surface area (Å²) in [6.45, 7) is 0. The summed E-state index contributed by atoms with van der Waals surface area (Å²) in [7, 11) is 1.81. The molecular weight excluding hydrogens is 254 g/mol. The molecule has 2 aromatic rings. The van der Waals surface area contributed by atoms with Crippen molar-refractivity contribution in [3.05, 3.63) is 40.8 Å². The van der Waals surface area contributed by atoms with Gasteiger partial charge in [-0.25, -0.2) is 4.98 Å². The molecule has 0 fully saturated rings. The first-order chi connectivity index (χ1) is 7.22. The van der Waals surface area contributed by atoms with Crippen LogP contribution in [0.15, 0.2) is 35.1 Å². The third-order valence-electron chi connectivity index (χ3n) is 2.16. The Balaban J connectivity index is 2.55. The lowest BCUT2D eigenvalue weighted by Gasteiger charge is -1.98. The fraction of sp³-hybridized carbons (Fsp3) is 0.0909. The number of aromatic nitrogens is 2. The van der Waals surface area contributed by atoms with Crippen LogP contribution in [0.2, 0.25) is 0 Å². The summed E-state index contributed by atoms with van der Waals surface area (Å²) in [5.41, 5.74) is 2.26. The second-order valence-corrected chi connectivity index (χ2v) is 4.09. The van der Waals surface area contributed by atoms with E-state index in [9.17, 15) is 0 Å². The molecule has 3 nitrogen and oxygen atoms in total. The highest BCUT2D eigenvalue weighted by atomic mass is 79.9. The Morgan fingerprint density at radius 2 is 2.00 bits per heavy atom. The molecule has 0 aliphatic carbocycles. The maximum atomic E-state index is 8.98. The first-order valence-corrected chi connectivity index (χ1v) is 5.19. The minimum Gasteiger partial charge on any atom is -0.325 e. The fourth-order valence-electron chi connectivity index (χ4n) is 1.38. The number of hydrogen-bond acceptors (Lipinski definition) is 2. The van der Waals surface area contributed by atoms with E-state index in [0.29, 0.717) is 5.69 Å². The molecular formula is C11H8BrN3. The van der Waals surface area contributed by atoms with Crippen LogP contribution in [0.1, 0.15) is 5.69 Å². The predicted octanol–water partition coefficient (Wildman–Crippen LogP) is 2.72. The molecule has 1 aromatic carbocycles. The van der Waals surface area contributed by atoms with E-state index >= 15 is 0 Å². The zero-order valence-electron chi connectivity index (χ0n) is 8.11. The first-order valence-electron chi connectivity index (χ1n) is 4.39. The van der Waals surface area contributed by atoms with Gasteiger partial charge in [0.1, 0.15) is 17.5 Å². The summed E-state index contributed by atoms with van der Waals surface area (Å²) in [4.78, 5) is 4.21. The van der Waals surface area contributed by atoms with Crippen molar-refractivity contribution in [2.45, 2.75) is 0 Å². The van der Waals surface area contributed by atoms with Gasteiger partial charge in [-0.1, -0.05) is 28.1 Å². The van der Waals surface area contributed by atoms with Gasteiger partial charge in [-0.15, -0.1) is 0 Å². The van der Waals surface area contributed by atoms with E-state index in [1.54, 1.807) is 10.9 Å². The molecule has 0 N–H and O–H groups in total. The summed E-state index contributed by atoms with van der Waals surface area (Å²) in [6.07, 6.45) is 1.65. The van der Waals surface area contributed by atoms with Gasteiger partial charge in [-0.3, -0.25) is 0 Å². The Morgan fingerprint density at radius 1 is 1.33 bits per heavy atom. The summed E-state index contributed by atoms with van der Waals surface area (Å²) >= 11 is 3.37. The van der Waals surface area contributed by atoms with Crippen LogP contribution in [0.4, 0.5) is 0 Å². The maximum Gasteiger partial charge on any atom is 0.147 e. The van der Waals surface area contributed by atoms with Gasteiger partial charge in [0.25, 0.3) is 0 Å². The lowest BCUT2D eigenvalue weighted by atomic mass is 10.1. The van der Waals surface area contributed by atoms with E-state index in [2.05, 4.69) is 27.0 Å². The Labute approximate surface area is 96.1 Å². The van der Waals surface area contributed by atoms with Crippen molar-refractivity contribution in [3.8, 4) is 17.3 Å². The predicted molar refractivity (Wildman–Crippen MR) is 61.1 cm³/mol. The van der Waals surface area contributed by atoms with Crippen LogP contribution < -0.4 is 0 Å². The normalized spacial score (nSPS) is 9.93. The number of imidazole rings is 1. The highest BCUT2D eigenvalue weighted by Crippen LogP contribution is 2.22. The van der Waals surface area contributed by atoms with Crippen molar-refractivity contribution in [3.63, 3.8) is 0 Å². The quantitative estimate of drug-likeness (QED) is 0.792. The van der Waals surface area contributed by atoms with Crippen molar-refractivity contribution in [2.75, 3.05) is 0 Å². The zero-order chi connectivity index (χ0) is 10.8. The largest absolute Gasteiger partial charge is 0.325 e. The molecule has 0 saturated heterocycles. The highest BCUT2D eigenvalue weighted by Gasteiger charge is 2.09. The maximum absolute atomic E-state index is 8.98. The minimum atomic E-state index is 0.581. The number of benzene rings is 1. The van der Waals surface area contributed by atoms with Gasteiger partial charge in [-0.2, -0.15) is 5.26 Å². The van der Waals surface area contributed by atoms with E-state index in [4.69, 9.17) is 5.26 Å². The van der Waals surface area contributed by atoms with Crippen molar-refractivity contribution in [2.24, 2.45) is 7.05 Å². The van der Waals surface area contributed by atoms with Gasteiger partial charge in [-0.05, 0) is 12.1 Å². The van der Waals surface area contributed by atoms with E-state index in [0.717, 1.165) is 15.7 Å². The lowest BCUT2D eigenvalue weighted by Crippen LogP contribution is -1.90. The van der Waals surface area contributed by atoms with Crippen molar-refractivity contribution < 1.29 is 0 Å². The molecule has 4 heteroatoms. The number of halogens is 1. The fourth-order valence-corrected chi connectivity index (χ4v) is 1.65. The first kappa shape index (κ1) is 9.94. The van der Waals surface area contributed by atoms with Gasteiger partial charge >= 0.3 is 0 Å². The van der Waals surface area contributed by atoms with Crippen LogP contribution in [0, 0.1) is 11.3 Å². The van der Waals surface area contributed by atoms with Gasteiger partial charge in [0.15, 0.2) is 0 Å². The second-order valence-electron chi connectivity index (χ2n) is 3.17. The van der Waals surface area contributed by atoms with E-state index in [-0.39, 0.29) is 0 Å². The van der Waals surface area contributed by atoms with E-state index < -0.39 is 0 Å². The molecule has 0 bridgehead atoms. The molecule has 0 amide bonds. The molecule has 0 spiro atoms. The van der Waals surface area contributed by atoms with Crippen LogP contribution >= 0.6 is 15.9 Å². The molecule has 74 valence electrons. The SMILES string of the molecule is Cn1cnc(-c2ccc(Br)cc2)c1C#N. The Hall–Kier alpha value is -1.60. The van der Waals surface area contributed by atoms with Crippen molar-refractivity contribution >= 4 is 15.9 Å².